The van der Waals surface area contributed by atoms with Crippen molar-refractivity contribution in [3.05, 3.63) is 89.3 Å². The zero-order valence-electron chi connectivity index (χ0n) is 16.6. The topological polar surface area (TPSA) is 51.1 Å². The third-order valence-electron chi connectivity index (χ3n) is 4.53. The Morgan fingerprint density at radius 3 is 2.03 bits per heavy atom. The molecule has 1 saturated heterocycles. The van der Waals surface area contributed by atoms with E-state index in [0.717, 1.165) is 28.4 Å². The van der Waals surface area contributed by atoms with Crippen LogP contribution in [0.3, 0.4) is 0 Å². The van der Waals surface area contributed by atoms with Crippen molar-refractivity contribution in [1.29, 1.82) is 0 Å². The second-order valence-corrected chi connectivity index (χ2v) is 7.46. The molecule has 0 unspecified atom stereocenters. The van der Waals surface area contributed by atoms with Crippen LogP contribution in [0.2, 0.25) is 0 Å². The molecule has 0 spiro atoms. The number of amides is 1. The number of methoxy groups -OCH3 is 2. The second-order valence-electron chi connectivity index (χ2n) is 6.45. The third-order valence-corrected chi connectivity index (χ3v) is 5.50. The van der Waals surface area contributed by atoms with E-state index in [9.17, 15) is 4.79 Å². The van der Waals surface area contributed by atoms with E-state index >= 15 is 0 Å². The Labute approximate surface area is 179 Å². The first-order valence-electron chi connectivity index (χ1n) is 9.34. The zero-order valence-corrected chi connectivity index (χ0v) is 17.4. The highest BCUT2D eigenvalue weighted by Gasteiger charge is 2.34. The first-order valence-corrected chi connectivity index (χ1v) is 10.2. The molecule has 3 aromatic rings. The van der Waals surface area contributed by atoms with Crippen LogP contribution in [-0.4, -0.2) is 25.3 Å². The standard InChI is InChI=1S/C24H20N2O3S/c1-28-20-12-8-17(9-13-20)16-22-23(27)26(19-6-4-3-5-7-19)24(30-22)25-18-10-14-21(29-2)15-11-18/h3-16H,1-2H3/b22-16-,25-24-. The minimum Gasteiger partial charge on any atom is -0.497 e. The molecule has 0 radical (unpaired) electrons. The maximum absolute atomic E-state index is 13.2. The van der Waals surface area contributed by atoms with Crippen molar-refractivity contribution in [2.24, 2.45) is 4.99 Å². The Bertz CT molecular complexity index is 1090. The average Bonchev–Trinajstić information content (AvgIpc) is 3.10. The summed E-state index contributed by atoms with van der Waals surface area (Å²) < 4.78 is 10.4. The van der Waals surface area contributed by atoms with Crippen molar-refractivity contribution < 1.29 is 14.3 Å². The van der Waals surface area contributed by atoms with Gasteiger partial charge in [-0.3, -0.25) is 9.69 Å². The lowest BCUT2D eigenvalue weighted by molar-refractivity contribution is -0.113. The summed E-state index contributed by atoms with van der Waals surface area (Å²) in [5.74, 6) is 1.43. The number of ether oxygens (including phenoxy) is 2. The van der Waals surface area contributed by atoms with E-state index in [0.29, 0.717) is 10.1 Å². The molecule has 5 nitrogen and oxygen atoms in total. The highest BCUT2D eigenvalue weighted by atomic mass is 32.2. The third kappa shape index (κ3) is 4.23. The van der Waals surface area contributed by atoms with Crippen LogP contribution in [0.5, 0.6) is 11.5 Å². The minimum atomic E-state index is -0.103. The van der Waals surface area contributed by atoms with E-state index in [1.54, 1.807) is 19.1 Å². The number of para-hydroxylation sites is 1. The molecule has 0 aliphatic carbocycles. The predicted octanol–water partition coefficient (Wildman–Crippen LogP) is 5.51. The fraction of sp³-hybridized carbons (Fsp3) is 0.0833. The van der Waals surface area contributed by atoms with E-state index < -0.39 is 0 Å². The monoisotopic (exact) mass is 416 g/mol. The lowest BCUT2D eigenvalue weighted by atomic mass is 10.2. The molecule has 30 heavy (non-hydrogen) atoms. The van der Waals surface area contributed by atoms with Gasteiger partial charge in [0.25, 0.3) is 5.91 Å². The average molecular weight is 417 g/mol. The molecule has 4 rings (SSSR count). The van der Waals surface area contributed by atoms with E-state index in [2.05, 4.69) is 0 Å². The number of amidine groups is 1. The lowest BCUT2D eigenvalue weighted by Gasteiger charge is -2.15. The molecule has 1 aliphatic heterocycles. The maximum atomic E-state index is 13.2. The largest absolute Gasteiger partial charge is 0.497 e. The Morgan fingerprint density at radius 1 is 0.833 bits per heavy atom. The van der Waals surface area contributed by atoms with Crippen LogP contribution in [0.15, 0.2) is 88.8 Å². The van der Waals surface area contributed by atoms with Crippen molar-refractivity contribution in [3.63, 3.8) is 0 Å². The summed E-state index contributed by atoms with van der Waals surface area (Å²) >= 11 is 1.36. The summed E-state index contributed by atoms with van der Waals surface area (Å²) in [4.78, 5) is 20.2. The zero-order chi connectivity index (χ0) is 20.9. The highest BCUT2D eigenvalue weighted by Crippen LogP contribution is 2.37. The van der Waals surface area contributed by atoms with Crippen LogP contribution in [0.1, 0.15) is 5.56 Å². The number of aliphatic imine (C=N–C) groups is 1. The van der Waals surface area contributed by atoms with E-state index in [1.807, 2.05) is 84.9 Å². The van der Waals surface area contributed by atoms with Gasteiger partial charge in [0.2, 0.25) is 0 Å². The SMILES string of the molecule is COc1ccc(/C=C2\S/C(=N\c3ccc(OC)cc3)N(c3ccccc3)C2=O)cc1. The first kappa shape index (κ1) is 19.8. The van der Waals surface area contributed by atoms with Crippen molar-refractivity contribution in [3.8, 4) is 11.5 Å². The Kier molecular flexibility index (Phi) is 5.86. The molecule has 6 heteroatoms. The van der Waals surface area contributed by atoms with Gasteiger partial charge in [-0.05, 0) is 71.9 Å². The Morgan fingerprint density at radius 2 is 1.43 bits per heavy atom. The second kappa shape index (κ2) is 8.88. The summed E-state index contributed by atoms with van der Waals surface area (Å²) in [6, 6.07) is 24.6. The predicted molar refractivity (Wildman–Crippen MR) is 123 cm³/mol. The number of carbonyl (C=O) groups is 1. The van der Waals surface area contributed by atoms with E-state index in [-0.39, 0.29) is 5.91 Å². The number of hydrogen-bond acceptors (Lipinski definition) is 5. The molecule has 1 heterocycles. The molecule has 0 N–H and O–H groups in total. The number of carbonyl (C=O) groups excluding carboxylic acids is 1. The fourth-order valence-electron chi connectivity index (χ4n) is 2.97. The molecular formula is C24H20N2O3S. The summed E-state index contributed by atoms with van der Waals surface area (Å²) in [6.07, 6.45) is 1.87. The van der Waals surface area contributed by atoms with Crippen LogP contribution in [0.4, 0.5) is 11.4 Å². The van der Waals surface area contributed by atoms with Crippen LogP contribution in [0.25, 0.3) is 6.08 Å². The molecule has 1 aliphatic rings. The highest BCUT2D eigenvalue weighted by molar-refractivity contribution is 8.19. The Balaban J connectivity index is 1.71. The summed E-state index contributed by atoms with van der Waals surface area (Å²) in [7, 11) is 3.25. The van der Waals surface area contributed by atoms with E-state index in [1.165, 1.54) is 11.8 Å². The normalized spacial score (nSPS) is 16.3. The molecule has 0 atom stereocenters. The van der Waals surface area contributed by atoms with Gasteiger partial charge in [-0.2, -0.15) is 0 Å². The van der Waals surface area contributed by atoms with Crippen LogP contribution in [0, 0.1) is 0 Å². The number of hydrogen-bond donors (Lipinski definition) is 0. The van der Waals surface area contributed by atoms with Crippen LogP contribution < -0.4 is 14.4 Å². The van der Waals surface area contributed by atoms with Gasteiger partial charge in [-0.1, -0.05) is 30.3 Å². The lowest BCUT2D eigenvalue weighted by Crippen LogP contribution is -2.28. The number of nitrogens with zero attached hydrogens (tertiary/aromatic N) is 2. The molecule has 150 valence electrons. The molecular weight excluding hydrogens is 396 g/mol. The van der Waals surface area contributed by atoms with Crippen molar-refractivity contribution in [1.82, 2.24) is 0 Å². The molecule has 1 amide bonds. The minimum absolute atomic E-state index is 0.103. The Hall–Kier alpha value is -3.51. The van der Waals surface area contributed by atoms with Gasteiger partial charge in [-0.15, -0.1) is 0 Å². The van der Waals surface area contributed by atoms with E-state index in [4.69, 9.17) is 14.5 Å². The van der Waals surface area contributed by atoms with Crippen molar-refractivity contribution in [2.45, 2.75) is 0 Å². The molecule has 1 fully saturated rings. The summed E-state index contributed by atoms with van der Waals surface area (Å²) in [5.41, 5.74) is 2.45. The van der Waals surface area contributed by atoms with Gasteiger partial charge < -0.3 is 9.47 Å². The smallest absolute Gasteiger partial charge is 0.271 e. The van der Waals surface area contributed by atoms with Crippen LogP contribution >= 0.6 is 11.8 Å². The quantitative estimate of drug-likeness (QED) is 0.515. The van der Waals surface area contributed by atoms with Crippen molar-refractivity contribution >= 4 is 40.3 Å². The van der Waals surface area contributed by atoms with Crippen LogP contribution in [-0.2, 0) is 4.79 Å². The fourth-order valence-corrected chi connectivity index (χ4v) is 3.97. The molecule has 0 aromatic heterocycles. The van der Waals surface area contributed by atoms with Gasteiger partial charge in [0, 0.05) is 0 Å². The number of rotatable bonds is 5. The van der Waals surface area contributed by atoms with Gasteiger partial charge in [-0.25, -0.2) is 4.99 Å². The maximum Gasteiger partial charge on any atom is 0.271 e. The number of thioether (sulfide) groups is 1. The number of benzene rings is 3. The molecule has 3 aromatic carbocycles. The van der Waals surface area contributed by atoms with Gasteiger partial charge in [0.1, 0.15) is 11.5 Å². The van der Waals surface area contributed by atoms with Gasteiger partial charge >= 0.3 is 0 Å². The molecule has 0 saturated carbocycles. The van der Waals surface area contributed by atoms with Crippen molar-refractivity contribution in [2.75, 3.05) is 19.1 Å². The summed E-state index contributed by atoms with van der Waals surface area (Å²) in [6.45, 7) is 0. The first-order chi connectivity index (χ1) is 14.7. The van der Waals surface area contributed by atoms with Gasteiger partial charge in [0.15, 0.2) is 5.17 Å². The van der Waals surface area contributed by atoms with Gasteiger partial charge in [0.05, 0.1) is 30.5 Å². The molecule has 0 bridgehead atoms. The number of anilines is 1. The summed E-state index contributed by atoms with van der Waals surface area (Å²) in [5, 5.41) is 0.608.